The SMILES string of the molecule is CCOc1cc2nc(CC)c(C#N)c(Nc3ccc4cnn(C)c4c3)c2cc1NC(=O)/C=C/CN(C)C. The first kappa shape index (κ1) is 25.7. The number of nitrogens with zero attached hydrogens (tertiary/aromatic N) is 5. The summed E-state index contributed by atoms with van der Waals surface area (Å²) < 4.78 is 7.65. The van der Waals surface area contributed by atoms with Crippen LogP contribution in [0, 0.1) is 11.3 Å². The van der Waals surface area contributed by atoms with Gasteiger partial charge in [0.05, 0.1) is 46.5 Å². The van der Waals surface area contributed by atoms with Crippen LogP contribution in [-0.4, -0.2) is 52.8 Å². The molecule has 0 saturated carbocycles. The highest BCUT2D eigenvalue weighted by atomic mass is 16.5. The normalized spacial score (nSPS) is 11.4. The van der Waals surface area contributed by atoms with Gasteiger partial charge in [0.1, 0.15) is 11.8 Å². The Hall–Kier alpha value is -4.42. The molecule has 1 amide bonds. The number of fused-ring (bicyclic) bond motifs is 2. The molecule has 0 spiro atoms. The summed E-state index contributed by atoms with van der Waals surface area (Å²) in [5.74, 6) is 0.253. The summed E-state index contributed by atoms with van der Waals surface area (Å²) in [5, 5.41) is 22.5. The highest BCUT2D eigenvalue weighted by Crippen LogP contribution is 2.38. The quantitative estimate of drug-likeness (QED) is 0.321. The minimum Gasteiger partial charge on any atom is -0.492 e. The first-order valence-corrected chi connectivity index (χ1v) is 12.2. The second-order valence-corrected chi connectivity index (χ2v) is 8.89. The van der Waals surface area contributed by atoms with Gasteiger partial charge in [-0.2, -0.15) is 10.4 Å². The molecular formula is C28H31N7O2. The van der Waals surface area contributed by atoms with Crippen molar-refractivity contribution in [2.75, 3.05) is 37.9 Å². The summed E-state index contributed by atoms with van der Waals surface area (Å²) >= 11 is 0. The van der Waals surface area contributed by atoms with E-state index in [1.54, 1.807) is 10.8 Å². The van der Waals surface area contributed by atoms with Gasteiger partial charge in [0.2, 0.25) is 5.91 Å². The largest absolute Gasteiger partial charge is 0.492 e. The molecule has 0 saturated heterocycles. The zero-order chi connectivity index (χ0) is 26.5. The molecule has 190 valence electrons. The van der Waals surface area contributed by atoms with Gasteiger partial charge in [-0.1, -0.05) is 13.0 Å². The van der Waals surface area contributed by atoms with E-state index in [-0.39, 0.29) is 5.91 Å². The molecule has 2 N–H and O–H groups in total. The van der Waals surface area contributed by atoms with Crippen LogP contribution in [0.1, 0.15) is 25.1 Å². The Labute approximate surface area is 216 Å². The van der Waals surface area contributed by atoms with E-state index in [2.05, 4.69) is 21.8 Å². The van der Waals surface area contributed by atoms with E-state index in [1.165, 1.54) is 6.08 Å². The summed E-state index contributed by atoms with van der Waals surface area (Å²) in [5.41, 5.74) is 4.74. The van der Waals surface area contributed by atoms with Gasteiger partial charge in [-0.3, -0.25) is 14.5 Å². The van der Waals surface area contributed by atoms with Gasteiger partial charge in [-0.15, -0.1) is 0 Å². The number of anilines is 3. The van der Waals surface area contributed by atoms with Gasteiger partial charge in [-0.05, 0) is 51.7 Å². The third-order valence-corrected chi connectivity index (χ3v) is 5.92. The number of likely N-dealkylation sites (N-methyl/N-ethyl adjacent to an activating group) is 1. The number of carbonyl (C=O) groups excluding carboxylic acids is 1. The number of aryl methyl sites for hydroxylation is 2. The zero-order valence-electron chi connectivity index (χ0n) is 21.8. The van der Waals surface area contributed by atoms with Crippen molar-refractivity contribution in [1.82, 2.24) is 19.7 Å². The fraction of sp³-hybridized carbons (Fsp3) is 0.286. The lowest BCUT2D eigenvalue weighted by atomic mass is 10.0. The predicted molar refractivity (Wildman–Crippen MR) is 147 cm³/mol. The highest BCUT2D eigenvalue weighted by molar-refractivity contribution is 6.05. The average Bonchev–Trinajstić information content (AvgIpc) is 3.24. The smallest absolute Gasteiger partial charge is 0.248 e. The van der Waals surface area contributed by atoms with Crippen LogP contribution in [0.2, 0.25) is 0 Å². The van der Waals surface area contributed by atoms with E-state index in [1.807, 2.05) is 76.4 Å². The number of nitriles is 1. The summed E-state index contributed by atoms with van der Waals surface area (Å²) in [4.78, 5) is 19.4. The van der Waals surface area contributed by atoms with Crippen LogP contribution in [0.3, 0.4) is 0 Å². The van der Waals surface area contributed by atoms with E-state index in [0.717, 1.165) is 16.6 Å². The van der Waals surface area contributed by atoms with Crippen molar-refractivity contribution < 1.29 is 9.53 Å². The van der Waals surface area contributed by atoms with Gasteiger partial charge < -0.3 is 20.3 Å². The lowest BCUT2D eigenvalue weighted by molar-refractivity contribution is -0.111. The van der Waals surface area contributed by atoms with Crippen molar-refractivity contribution in [3.8, 4) is 11.8 Å². The van der Waals surface area contributed by atoms with Gasteiger partial charge in [0.25, 0.3) is 0 Å². The Morgan fingerprint density at radius 1 is 1.24 bits per heavy atom. The van der Waals surface area contributed by atoms with Crippen LogP contribution in [0.25, 0.3) is 21.8 Å². The Kier molecular flexibility index (Phi) is 7.70. The van der Waals surface area contributed by atoms with Crippen molar-refractivity contribution >= 4 is 44.8 Å². The standard InChI is InChI=1S/C28H31N7O2/c1-6-22-21(16-29)28(31-19-11-10-18-17-30-35(5)25(18)13-19)20-14-24(26(37-7-2)15-23(20)32-22)33-27(36)9-8-12-34(3)4/h8-11,13-15,17H,6-7,12H2,1-5H3,(H,31,32)(H,33,36)/b9-8+. The maximum absolute atomic E-state index is 12.7. The van der Waals surface area contributed by atoms with Crippen LogP contribution < -0.4 is 15.4 Å². The van der Waals surface area contributed by atoms with Crippen molar-refractivity contribution in [3.63, 3.8) is 0 Å². The van der Waals surface area contributed by atoms with E-state index < -0.39 is 0 Å². The number of carbonyl (C=O) groups is 1. The molecule has 9 heteroatoms. The number of amides is 1. The Morgan fingerprint density at radius 2 is 2.05 bits per heavy atom. The number of benzene rings is 2. The van der Waals surface area contributed by atoms with Crippen molar-refractivity contribution in [2.24, 2.45) is 7.05 Å². The zero-order valence-corrected chi connectivity index (χ0v) is 21.8. The van der Waals surface area contributed by atoms with Crippen LogP contribution in [0.15, 0.2) is 48.7 Å². The molecule has 9 nitrogen and oxygen atoms in total. The highest BCUT2D eigenvalue weighted by Gasteiger charge is 2.18. The van der Waals surface area contributed by atoms with Crippen LogP contribution in [-0.2, 0) is 18.3 Å². The number of rotatable bonds is 9. The fourth-order valence-electron chi connectivity index (χ4n) is 4.13. The minimum atomic E-state index is -0.267. The number of ether oxygens (including phenoxy) is 1. The molecule has 4 rings (SSSR count). The molecule has 0 aliphatic rings. The van der Waals surface area contributed by atoms with E-state index in [9.17, 15) is 10.1 Å². The van der Waals surface area contributed by atoms with Crippen LogP contribution >= 0.6 is 0 Å². The number of hydrogen-bond donors (Lipinski definition) is 2. The first-order valence-electron chi connectivity index (χ1n) is 12.2. The van der Waals surface area contributed by atoms with Gasteiger partial charge >= 0.3 is 0 Å². The molecule has 0 fully saturated rings. The number of aromatic nitrogens is 3. The lowest BCUT2D eigenvalue weighted by Gasteiger charge is -2.18. The van der Waals surface area contributed by atoms with E-state index in [0.29, 0.717) is 58.9 Å². The molecule has 0 atom stereocenters. The van der Waals surface area contributed by atoms with Gasteiger partial charge in [0, 0.05) is 42.2 Å². The summed E-state index contributed by atoms with van der Waals surface area (Å²) in [6.07, 6.45) is 5.70. The molecule has 2 heterocycles. The third kappa shape index (κ3) is 5.55. The number of nitrogens with one attached hydrogen (secondary N) is 2. The Bertz CT molecular complexity index is 1530. The lowest BCUT2D eigenvalue weighted by Crippen LogP contribution is -2.13. The molecule has 2 aromatic carbocycles. The Morgan fingerprint density at radius 3 is 2.76 bits per heavy atom. The monoisotopic (exact) mass is 497 g/mol. The molecule has 37 heavy (non-hydrogen) atoms. The van der Waals surface area contributed by atoms with Crippen LogP contribution in [0.5, 0.6) is 5.75 Å². The summed E-state index contributed by atoms with van der Waals surface area (Å²) in [6, 6.07) is 11.9. The predicted octanol–water partition coefficient (Wildman–Crippen LogP) is 4.75. The van der Waals surface area contributed by atoms with E-state index in [4.69, 9.17) is 9.72 Å². The van der Waals surface area contributed by atoms with Crippen molar-refractivity contribution in [1.29, 1.82) is 5.26 Å². The Balaban J connectivity index is 1.84. The van der Waals surface area contributed by atoms with Crippen molar-refractivity contribution in [2.45, 2.75) is 20.3 Å². The maximum Gasteiger partial charge on any atom is 0.248 e. The molecule has 2 aromatic heterocycles. The molecule has 0 aliphatic carbocycles. The topological polar surface area (TPSA) is 108 Å². The number of pyridine rings is 1. The van der Waals surface area contributed by atoms with Gasteiger partial charge in [-0.25, -0.2) is 0 Å². The third-order valence-electron chi connectivity index (χ3n) is 5.92. The fourth-order valence-corrected chi connectivity index (χ4v) is 4.13. The summed E-state index contributed by atoms with van der Waals surface area (Å²) in [6.45, 7) is 4.93. The molecule has 0 bridgehead atoms. The molecule has 4 aromatic rings. The van der Waals surface area contributed by atoms with Crippen LogP contribution in [0.4, 0.5) is 17.1 Å². The second-order valence-electron chi connectivity index (χ2n) is 8.89. The molecular weight excluding hydrogens is 466 g/mol. The maximum atomic E-state index is 12.7. The van der Waals surface area contributed by atoms with Crippen molar-refractivity contribution in [3.05, 3.63) is 59.9 Å². The summed E-state index contributed by atoms with van der Waals surface area (Å²) in [7, 11) is 5.76. The molecule has 0 unspecified atom stereocenters. The molecule has 0 aliphatic heterocycles. The first-order chi connectivity index (χ1) is 17.8. The van der Waals surface area contributed by atoms with Gasteiger partial charge in [0.15, 0.2) is 0 Å². The number of hydrogen-bond acceptors (Lipinski definition) is 7. The average molecular weight is 498 g/mol. The second kappa shape index (κ2) is 11.1. The molecule has 0 radical (unpaired) electrons. The van der Waals surface area contributed by atoms with E-state index >= 15 is 0 Å². The minimum absolute atomic E-state index is 0.267.